The molecule has 0 aromatic heterocycles. The Balaban J connectivity index is 1.85. The first-order chi connectivity index (χ1) is 9.28. The quantitative estimate of drug-likeness (QED) is 0.579. The number of hydrogen-bond donors (Lipinski definition) is 0. The lowest BCUT2D eigenvalue weighted by Gasteiger charge is -2.00. The standard InChI is InChI=1S/C17H16NO/c1-3-15-8-10-17(11-9-15)13-19-18-12-16-6-4-14(2)5-7-16/h3-11H,1,13H2,2H3. The van der Waals surface area contributed by atoms with E-state index < -0.39 is 0 Å². The Bertz CT molecular complexity index is 553. The van der Waals surface area contributed by atoms with Gasteiger partial charge in [-0.2, -0.15) is 0 Å². The van der Waals surface area contributed by atoms with E-state index in [1.165, 1.54) is 5.56 Å². The lowest BCUT2D eigenvalue weighted by Crippen LogP contribution is -1.88. The topological polar surface area (TPSA) is 21.6 Å². The van der Waals surface area contributed by atoms with E-state index in [1.807, 2.05) is 61.5 Å². The van der Waals surface area contributed by atoms with Gasteiger partial charge in [0.25, 0.3) is 0 Å². The summed E-state index contributed by atoms with van der Waals surface area (Å²) in [6.07, 6.45) is 4.66. The molecule has 2 nitrogen and oxygen atoms in total. The maximum Gasteiger partial charge on any atom is 0.142 e. The number of hydrogen-bond acceptors (Lipinski definition) is 2. The van der Waals surface area contributed by atoms with E-state index in [-0.39, 0.29) is 0 Å². The summed E-state index contributed by atoms with van der Waals surface area (Å²) in [5, 5.41) is 3.84. The van der Waals surface area contributed by atoms with Crippen molar-refractivity contribution in [3.05, 3.63) is 77.4 Å². The summed E-state index contributed by atoms with van der Waals surface area (Å²) in [7, 11) is 0. The molecule has 0 amide bonds. The molecular formula is C17H16NO. The summed E-state index contributed by atoms with van der Waals surface area (Å²) >= 11 is 0. The van der Waals surface area contributed by atoms with Crippen molar-refractivity contribution in [1.82, 2.24) is 0 Å². The molecule has 0 spiro atoms. The number of nitrogens with zero attached hydrogens (tertiary/aromatic N) is 1. The first kappa shape index (κ1) is 13.1. The van der Waals surface area contributed by atoms with Gasteiger partial charge in [-0.3, -0.25) is 0 Å². The van der Waals surface area contributed by atoms with Gasteiger partial charge < -0.3 is 4.84 Å². The van der Waals surface area contributed by atoms with Crippen LogP contribution in [0.3, 0.4) is 0 Å². The zero-order valence-corrected chi connectivity index (χ0v) is 11.0. The molecule has 2 heteroatoms. The maximum absolute atomic E-state index is 5.22. The molecule has 2 aromatic rings. The summed E-state index contributed by atoms with van der Waals surface area (Å²) in [4.78, 5) is 5.22. The fourth-order valence-corrected chi connectivity index (χ4v) is 1.57. The van der Waals surface area contributed by atoms with Crippen LogP contribution in [-0.2, 0) is 11.4 Å². The van der Waals surface area contributed by atoms with Gasteiger partial charge in [0, 0.05) is 5.56 Å². The lowest BCUT2D eigenvalue weighted by atomic mass is 10.1. The van der Waals surface area contributed by atoms with E-state index in [0.717, 1.165) is 16.7 Å². The zero-order valence-electron chi connectivity index (χ0n) is 11.0. The molecule has 2 aromatic carbocycles. The highest BCUT2D eigenvalue weighted by Gasteiger charge is 1.93. The van der Waals surface area contributed by atoms with Crippen molar-refractivity contribution in [2.75, 3.05) is 0 Å². The minimum Gasteiger partial charge on any atom is -0.390 e. The molecule has 0 unspecified atom stereocenters. The second-order valence-electron chi connectivity index (χ2n) is 4.29. The van der Waals surface area contributed by atoms with E-state index >= 15 is 0 Å². The Hall–Kier alpha value is -2.35. The molecule has 0 saturated heterocycles. The summed E-state index contributed by atoms with van der Waals surface area (Å²) < 4.78 is 0. The molecule has 0 N–H and O–H groups in total. The van der Waals surface area contributed by atoms with Crippen LogP contribution in [0.25, 0.3) is 6.08 Å². The van der Waals surface area contributed by atoms with Gasteiger partial charge in [-0.1, -0.05) is 71.9 Å². The Morgan fingerprint density at radius 2 is 1.79 bits per heavy atom. The minimum atomic E-state index is 0.441. The fourth-order valence-electron chi connectivity index (χ4n) is 1.57. The minimum absolute atomic E-state index is 0.441. The summed E-state index contributed by atoms with van der Waals surface area (Å²) in [6.45, 7) is 6.20. The lowest BCUT2D eigenvalue weighted by molar-refractivity contribution is 0.132. The molecule has 0 atom stereocenters. The molecule has 0 aliphatic carbocycles. The van der Waals surface area contributed by atoms with Crippen LogP contribution in [0.2, 0.25) is 0 Å². The Labute approximate surface area is 114 Å². The van der Waals surface area contributed by atoms with Gasteiger partial charge in [-0.15, -0.1) is 0 Å². The monoisotopic (exact) mass is 250 g/mol. The fraction of sp³-hybridized carbons (Fsp3) is 0.118. The third-order valence-electron chi connectivity index (χ3n) is 2.74. The summed E-state index contributed by atoms with van der Waals surface area (Å²) in [6, 6.07) is 16.0. The third kappa shape index (κ3) is 4.11. The average molecular weight is 250 g/mol. The van der Waals surface area contributed by atoms with Gasteiger partial charge in [0.1, 0.15) is 12.8 Å². The van der Waals surface area contributed by atoms with Crippen molar-refractivity contribution in [2.45, 2.75) is 13.5 Å². The molecule has 0 aliphatic rings. The van der Waals surface area contributed by atoms with E-state index in [0.29, 0.717) is 6.61 Å². The van der Waals surface area contributed by atoms with Gasteiger partial charge in [-0.05, 0) is 18.1 Å². The van der Waals surface area contributed by atoms with Crippen LogP contribution in [-0.4, -0.2) is 6.21 Å². The molecule has 95 valence electrons. The first-order valence-electron chi connectivity index (χ1n) is 6.14. The smallest absolute Gasteiger partial charge is 0.142 e. The van der Waals surface area contributed by atoms with E-state index in [9.17, 15) is 0 Å². The van der Waals surface area contributed by atoms with Crippen molar-refractivity contribution in [2.24, 2.45) is 5.16 Å². The Morgan fingerprint density at radius 3 is 2.42 bits per heavy atom. The SMILES string of the molecule is C=Cc1ccc(CO/N=[C]\c2ccc(C)cc2)cc1. The summed E-state index contributed by atoms with van der Waals surface area (Å²) in [5.74, 6) is 0. The second-order valence-corrected chi connectivity index (χ2v) is 4.29. The van der Waals surface area contributed by atoms with Gasteiger partial charge in [0.15, 0.2) is 0 Å². The van der Waals surface area contributed by atoms with Crippen LogP contribution in [0.15, 0.2) is 60.3 Å². The Kier molecular flexibility index (Phi) is 4.51. The van der Waals surface area contributed by atoms with Gasteiger partial charge >= 0.3 is 0 Å². The van der Waals surface area contributed by atoms with E-state index in [1.54, 1.807) is 0 Å². The van der Waals surface area contributed by atoms with Crippen LogP contribution in [0.5, 0.6) is 0 Å². The van der Waals surface area contributed by atoms with Gasteiger partial charge in [-0.25, -0.2) is 0 Å². The maximum atomic E-state index is 5.22. The largest absolute Gasteiger partial charge is 0.390 e. The normalized spacial score (nSPS) is 10.6. The summed E-state index contributed by atoms with van der Waals surface area (Å²) in [5.41, 5.74) is 4.29. The predicted molar refractivity (Wildman–Crippen MR) is 79.0 cm³/mol. The molecule has 1 radical (unpaired) electrons. The van der Waals surface area contributed by atoms with Crippen LogP contribution < -0.4 is 0 Å². The van der Waals surface area contributed by atoms with Gasteiger partial charge in [0.05, 0.1) is 0 Å². The van der Waals surface area contributed by atoms with Crippen molar-refractivity contribution in [1.29, 1.82) is 0 Å². The van der Waals surface area contributed by atoms with Crippen LogP contribution >= 0.6 is 0 Å². The van der Waals surface area contributed by atoms with Crippen LogP contribution in [0.1, 0.15) is 22.3 Å². The van der Waals surface area contributed by atoms with Crippen LogP contribution in [0.4, 0.5) is 0 Å². The Morgan fingerprint density at radius 1 is 1.11 bits per heavy atom. The molecule has 0 heterocycles. The zero-order chi connectivity index (χ0) is 13.5. The van der Waals surface area contributed by atoms with Crippen molar-refractivity contribution in [3.63, 3.8) is 0 Å². The van der Waals surface area contributed by atoms with Crippen molar-refractivity contribution < 1.29 is 4.84 Å². The molecule has 0 aliphatic heterocycles. The molecule has 0 fully saturated rings. The van der Waals surface area contributed by atoms with Crippen LogP contribution in [0, 0.1) is 6.92 Å². The highest BCUT2D eigenvalue weighted by atomic mass is 16.6. The number of aryl methyl sites for hydroxylation is 1. The highest BCUT2D eigenvalue weighted by molar-refractivity contribution is 5.79. The third-order valence-corrected chi connectivity index (χ3v) is 2.74. The highest BCUT2D eigenvalue weighted by Crippen LogP contribution is 2.07. The molecule has 0 saturated carbocycles. The van der Waals surface area contributed by atoms with Crippen molar-refractivity contribution >= 4 is 12.3 Å². The van der Waals surface area contributed by atoms with Gasteiger partial charge in [0.2, 0.25) is 0 Å². The predicted octanol–water partition coefficient (Wildman–Crippen LogP) is 4.07. The molecule has 19 heavy (non-hydrogen) atoms. The first-order valence-corrected chi connectivity index (χ1v) is 6.14. The molecule has 2 rings (SSSR count). The second kappa shape index (κ2) is 6.55. The average Bonchev–Trinajstić information content (AvgIpc) is 2.46. The molecule has 0 bridgehead atoms. The van der Waals surface area contributed by atoms with E-state index in [2.05, 4.69) is 17.9 Å². The molecular weight excluding hydrogens is 234 g/mol. The van der Waals surface area contributed by atoms with E-state index in [4.69, 9.17) is 4.84 Å². The number of benzene rings is 2. The number of rotatable bonds is 5. The van der Waals surface area contributed by atoms with Crippen molar-refractivity contribution in [3.8, 4) is 0 Å².